The molecule has 5 nitrogen and oxygen atoms in total. The van der Waals surface area contributed by atoms with Crippen LogP contribution in [0.1, 0.15) is 12.8 Å². The number of nitrogens with zero attached hydrogens (tertiary/aromatic N) is 2. The summed E-state index contributed by atoms with van der Waals surface area (Å²) in [6, 6.07) is 0. The van der Waals surface area contributed by atoms with E-state index in [1.54, 1.807) is 0 Å². The minimum atomic E-state index is 0.594. The lowest BCUT2D eigenvalue weighted by molar-refractivity contribution is 0.802. The molecule has 1 fully saturated rings. The lowest BCUT2D eigenvalue weighted by Gasteiger charge is -2.12. The molecule has 1 aromatic heterocycles. The second kappa shape index (κ2) is 5.70. The van der Waals surface area contributed by atoms with Crippen molar-refractivity contribution in [2.75, 3.05) is 23.0 Å². The van der Waals surface area contributed by atoms with Gasteiger partial charge in [-0.2, -0.15) is 11.8 Å². The molecule has 7 heteroatoms. The van der Waals surface area contributed by atoms with Gasteiger partial charge in [0.25, 0.3) is 0 Å². The summed E-state index contributed by atoms with van der Waals surface area (Å²) in [5.74, 6) is 7.99. The van der Waals surface area contributed by atoms with Gasteiger partial charge >= 0.3 is 0 Å². The summed E-state index contributed by atoms with van der Waals surface area (Å²) >= 11 is 5.43. The molecular formula is C9H14BrN5S. The number of rotatable bonds is 4. The zero-order chi connectivity index (χ0) is 11.4. The third-order valence-corrected chi connectivity index (χ3v) is 4.60. The monoisotopic (exact) mass is 303 g/mol. The fourth-order valence-corrected chi connectivity index (χ4v) is 3.27. The number of aromatic nitrogens is 2. The van der Waals surface area contributed by atoms with E-state index in [1.807, 2.05) is 11.8 Å². The van der Waals surface area contributed by atoms with Gasteiger partial charge in [0.05, 0.1) is 0 Å². The first-order valence-corrected chi connectivity index (χ1v) is 6.98. The van der Waals surface area contributed by atoms with Crippen molar-refractivity contribution in [1.82, 2.24) is 9.97 Å². The Balaban J connectivity index is 1.97. The average Bonchev–Trinajstić information content (AvgIpc) is 2.81. The van der Waals surface area contributed by atoms with E-state index in [0.717, 1.165) is 16.8 Å². The first-order valence-electron chi connectivity index (χ1n) is 5.14. The Morgan fingerprint density at radius 2 is 2.31 bits per heavy atom. The molecular weight excluding hydrogens is 290 g/mol. The number of hydrogen-bond donors (Lipinski definition) is 3. The van der Waals surface area contributed by atoms with E-state index in [9.17, 15) is 0 Å². The molecule has 0 radical (unpaired) electrons. The molecule has 1 aliphatic heterocycles. The summed E-state index contributed by atoms with van der Waals surface area (Å²) in [6.07, 6.45) is 4.09. The fraction of sp³-hybridized carbons (Fsp3) is 0.556. The van der Waals surface area contributed by atoms with Crippen molar-refractivity contribution in [3.8, 4) is 0 Å². The number of nitrogens with two attached hydrogens (primary N) is 1. The summed E-state index contributed by atoms with van der Waals surface area (Å²) in [5.41, 5.74) is 2.52. The van der Waals surface area contributed by atoms with Gasteiger partial charge in [-0.15, -0.1) is 0 Å². The molecule has 4 N–H and O–H groups in total. The molecule has 1 aromatic rings. The highest BCUT2D eigenvalue weighted by Gasteiger charge is 2.16. The fourth-order valence-electron chi connectivity index (χ4n) is 1.61. The Kier molecular flexibility index (Phi) is 4.25. The summed E-state index contributed by atoms with van der Waals surface area (Å²) in [4.78, 5) is 8.17. The van der Waals surface area contributed by atoms with Gasteiger partial charge in [-0.25, -0.2) is 15.8 Å². The Morgan fingerprint density at radius 3 is 3.00 bits per heavy atom. The maximum Gasteiger partial charge on any atom is 0.159 e. The molecule has 0 spiro atoms. The van der Waals surface area contributed by atoms with E-state index < -0.39 is 0 Å². The first kappa shape index (κ1) is 11.9. The van der Waals surface area contributed by atoms with Crippen molar-refractivity contribution in [2.24, 2.45) is 5.84 Å². The van der Waals surface area contributed by atoms with Crippen LogP contribution in [-0.2, 0) is 0 Å². The van der Waals surface area contributed by atoms with E-state index in [0.29, 0.717) is 11.1 Å². The van der Waals surface area contributed by atoms with Crippen molar-refractivity contribution in [2.45, 2.75) is 18.1 Å². The number of hydrogen-bond acceptors (Lipinski definition) is 6. The van der Waals surface area contributed by atoms with Crippen LogP contribution in [0.25, 0.3) is 0 Å². The van der Waals surface area contributed by atoms with Crippen LogP contribution in [-0.4, -0.2) is 27.5 Å². The molecule has 0 aliphatic carbocycles. The van der Waals surface area contributed by atoms with Crippen LogP contribution in [0.15, 0.2) is 10.8 Å². The van der Waals surface area contributed by atoms with E-state index in [-0.39, 0.29) is 0 Å². The lowest BCUT2D eigenvalue weighted by Crippen LogP contribution is -2.16. The Morgan fingerprint density at radius 1 is 1.50 bits per heavy atom. The van der Waals surface area contributed by atoms with Crippen LogP contribution in [0.5, 0.6) is 0 Å². The van der Waals surface area contributed by atoms with Crippen LogP contribution >= 0.6 is 27.7 Å². The van der Waals surface area contributed by atoms with E-state index in [1.165, 1.54) is 24.9 Å². The van der Waals surface area contributed by atoms with E-state index in [2.05, 4.69) is 36.6 Å². The quantitative estimate of drug-likeness (QED) is 0.582. The van der Waals surface area contributed by atoms with Crippen LogP contribution < -0.4 is 16.6 Å². The number of hydrazine groups is 1. The molecule has 0 aromatic carbocycles. The van der Waals surface area contributed by atoms with Crippen molar-refractivity contribution in [1.29, 1.82) is 0 Å². The molecule has 1 aliphatic rings. The standard InChI is InChI=1S/C9H14BrN5S/c10-7-8(13-5-14-9(7)15-11)12-4-6-2-1-3-16-6/h5-6H,1-4,11H2,(H2,12,13,14,15). The summed E-state index contributed by atoms with van der Waals surface area (Å²) < 4.78 is 0.778. The molecule has 2 heterocycles. The van der Waals surface area contributed by atoms with Gasteiger partial charge < -0.3 is 10.7 Å². The van der Waals surface area contributed by atoms with Crippen molar-refractivity contribution >= 4 is 39.3 Å². The van der Waals surface area contributed by atoms with Crippen LogP contribution in [0.3, 0.4) is 0 Å². The van der Waals surface area contributed by atoms with Crippen molar-refractivity contribution < 1.29 is 0 Å². The third kappa shape index (κ3) is 2.78. The van der Waals surface area contributed by atoms with Crippen molar-refractivity contribution in [3.05, 3.63) is 10.8 Å². The van der Waals surface area contributed by atoms with E-state index >= 15 is 0 Å². The largest absolute Gasteiger partial charge is 0.368 e. The molecule has 0 bridgehead atoms. The van der Waals surface area contributed by atoms with Gasteiger partial charge in [0.15, 0.2) is 5.82 Å². The molecule has 1 atom stereocenters. The lowest BCUT2D eigenvalue weighted by atomic mass is 10.2. The maximum atomic E-state index is 5.34. The summed E-state index contributed by atoms with van der Waals surface area (Å²) in [6.45, 7) is 0.935. The summed E-state index contributed by atoms with van der Waals surface area (Å²) in [7, 11) is 0. The number of nitrogens with one attached hydrogen (secondary N) is 2. The Labute approximate surface area is 107 Å². The van der Waals surface area contributed by atoms with Gasteiger partial charge in [-0.3, -0.25) is 0 Å². The molecule has 0 amide bonds. The van der Waals surface area contributed by atoms with Crippen molar-refractivity contribution in [3.63, 3.8) is 0 Å². The van der Waals surface area contributed by atoms with Gasteiger partial charge in [0, 0.05) is 11.8 Å². The number of nitrogen functional groups attached to an aromatic ring is 1. The van der Waals surface area contributed by atoms with Gasteiger partial charge in [-0.1, -0.05) is 0 Å². The number of thioether (sulfide) groups is 1. The second-order valence-electron chi connectivity index (χ2n) is 3.55. The van der Waals surface area contributed by atoms with Gasteiger partial charge in [-0.05, 0) is 34.5 Å². The second-order valence-corrected chi connectivity index (χ2v) is 5.75. The van der Waals surface area contributed by atoms with Crippen LogP contribution in [0.4, 0.5) is 11.6 Å². The Bertz CT molecular complexity index is 356. The highest BCUT2D eigenvalue weighted by atomic mass is 79.9. The molecule has 88 valence electrons. The predicted octanol–water partition coefficient (Wildman–Crippen LogP) is 1.83. The minimum absolute atomic E-state index is 0.594. The van der Waals surface area contributed by atoms with Crippen LogP contribution in [0, 0.1) is 0 Å². The van der Waals surface area contributed by atoms with Gasteiger partial charge in [0.2, 0.25) is 0 Å². The molecule has 1 unspecified atom stereocenters. The molecule has 16 heavy (non-hydrogen) atoms. The number of anilines is 2. The average molecular weight is 304 g/mol. The Hall–Kier alpha value is -0.530. The number of halogens is 1. The molecule has 1 saturated heterocycles. The normalized spacial score (nSPS) is 19.8. The molecule has 0 saturated carbocycles. The first-order chi connectivity index (χ1) is 7.81. The summed E-state index contributed by atoms with van der Waals surface area (Å²) in [5, 5.41) is 4.01. The smallest absolute Gasteiger partial charge is 0.159 e. The highest BCUT2D eigenvalue weighted by Crippen LogP contribution is 2.29. The minimum Gasteiger partial charge on any atom is -0.368 e. The highest BCUT2D eigenvalue weighted by molar-refractivity contribution is 9.10. The SMILES string of the molecule is NNc1ncnc(NCC2CCCS2)c1Br. The molecule has 2 rings (SSSR count). The topological polar surface area (TPSA) is 75.9 Å². The maximum absolute atomic E-state index is 5.34. The third-order valence-electron chi connectivity index (χ3n) is 2.45. The van der Waals surface area contributed by atoms with Crippen LogP contribution in [0.2, 0.25) is 0 Å². The van der Waals surface area contributed by atoms with E-state index in [4.69, 9.17) is 5.84 Å². The van der Waals surface area contributed by atoms with Gasteiger partial charge in [0.1, 0.15) is 16.6 Å². The zero-order valence-electron chi connectivity index (χ0n) is 8.74. The predicted molar refractivity (Wildman–Crippen MR) is 71.5 cm³/mol. The zero-order valence-corrected chi connectivity index (χ0v) is 11.1.